The molecule has 3 aliphatic rings. The summed E-state index contributed by atoms with van der Waals surface area (Å²) in [6.45, 7) is 9.65. The maximum Gasteiger partial charge on any atom is 0.259 e. The predicted molar refractivity (Wildman–Crippen MR) is 179 cm³/mol. The lowest BCUT2D eigenvalue weighted by Crippen LogP contribution is -2.57. The van der Waals surface area contributed by atoms with E-state index in [1.807, 2.05) is 19.2 Å². The number of fused-ring (bicyclic) bond motifs is 1. The van der Waals surface area contributed by atoms with Gasteiger partial charge in [0.1, 0.15) is 29.2 Å². The number of methoxy groups -OCH3 is 1. The Morgan fingerprint density at radius 3 is 2.57 bits per heavy atom. The van der Waals surface area contributed by atoms with Gasteiger partial charge in [0.05, 0.1) is 40.2 Å². The topological polar surface area (TPSA) is 153 Å². The highest BCUT2D eigenvalue weighted by Gasteiger charge is 2.62. The molecule has 1 aromatic carbocycles. The van der Waals surface area contributed by atoms with E-state index in [2.05, 4.69) is 37.5 Å². The highest BCUT2D eigenvalue weighted by atomic mass is 79.9. The predicted octanol–water partition coefficient (Wildman–Crippen LogP) is 3.56. The zero-order valence-corrected chi connectivity index (χ0v) is 29.6. The zero-order valence-electron chi connectivity index (χ0n) is 26.4. The Balaban J connectivity index is 1.44. The Hall–Kier alpha value is -3.04. The summed E-state index contributed by atoms with van der Waals surface area (Å²) in [5, 5.41) is 2.88. The van der Waals surface area contributed by atoms with E-state index < -0.39 is 55.4 Å². The van der Waals surface area contributed by atoms with Crippen LogP contribution in [0.25, 0.3) is 10.9 Å². The van der Waals surface area contributed by atoms with E-state index in [4.69, 9.17) is 14.2 Å². The van der Waals surface area contributed by atoms with Gasteiger partial charge in [-0.3, -0.25) is 19.1 Å². The summed E-state index contributed by atoms with van der Waals surface area (Å²) < 4.78 is 44.7. The number of carbonyl (C=O) groups excluding carboxylic acids is 3. The van der Waals surface area contributed by atoms with Crippen molar-refractivity contribution < 1.29 is 37.0 Å². The second kappa shape index (κ2) is 12.9. The molecular weight excluding hydrogens is 700 g/mol. The van der Waals surface area contributed by atoms with Crippen molar-refractivity contribution in [3.05, 3.63) is 35.3 Å². The highest BCUT2D eigenvalue weighted by Crippen LogP contribution is 2.46. The molecule has 2 aliphatic carbocycles. The van der Waals surface area contributed by atoms with Crippen molar-refractivity contribution in [3.8, 4) is 17.4 Å². The van der Waals surface area contributed by atoms with E-state index in [-0.39, 0.29) is 25.3 Å². The Kier molecular flexibility index (Phi) is 9.60. The molecular formula is C31H39BrN4O8S2. The van der Waals surface area contributed by atoms with Crippen LogP contribution in [-0.2, 0) is 24.4 Å². The summed E-state index contributed by atoms with van der Waals surface area (Å²) in [6, 6.07) is 4.29. The minimum atomic E-state index is -3.84. The van der Waals surface area contributed by atoms with Crippen LogP contribution in [0.5, 0.6) is 17.4 Å². The van der Waals surface area contributed by atoms with Gasteiger partial charge in [0, 0.05) is 23.8 Å². The quantitative estimate of drug-likeness (QED) is 0.292. The van der Waals surface area contributed by atoms with Crippen LogP contribution in [0.1, 0.15) is 46.5 Å². The van der Waals surface area contributed by atoms with Crippen LogP contribution in [0.4, 0.5) is 0 Å². The number of halogens is 1. The highest BCUT2D eigenvalue weighted by molar-refractivity contribution is 9.10. The summed E-state index contributed by atoms with van der Waals surface area (Å²) >= 11 is 4.92. The molecule has 4 atom stereocenters. The zero-order chi connectivity index (χ0) is 33.6. The summed E-state index contributed by atoms with van der Waals surface area (Å²) in [4.78, 5) is 47.2. The molecule has 3 fully saturated rings. The molecule has 0 unspecified atom stereocenters. The Bertz CT molecular complexity index is 1680. The fourth-order valence-electron chi connectivity index (χ4n) is 5.65. The van der Waals surface area contributed by atoms with Crippen molar-refractivity contribution in [3.63, 3.8) is 0 Å². The third-order valence-electron chi connectivity index (χ3n) is 8.73. The van der Waals surface area contributed by atoms with Gasteiger partial charge < -0.3 is 24.4 Å². The van der Waals surface area contributed by atoms with Crippen LogP contribution in [-0.4, -0.2) is 90.2 Å². The maximum absolute atomic E-state index is 14.0. The number of ether oxygens (including phenoxy) is 3. The molecule has 12 nitrogen and oxygen atoms in total. The lowest BCUT2D eigenvalue weighted by atomic mass is 10.1. The first-order valence-corrected chi connectivity index (χ1v) is 18.6. The lowest BCUT2D eigenvalue weighted by molar-refractivity contribution is -0.140. The molecule has 15 heteroatoms. The van der Waals surface area contributed by atoms with Gasteiger partial charge in [-0.1, -0.05) is 6.08 Å². The SMILES string of the molecule is C=C[C@@H]1C[C@]1(NC(=O)[C@H]1C[C@@H](Oc2cc(OCC)nc3c(Br)c(OC)ccc23)CN1C(=O)C(C)(C)SC)C(=O)NS(=O)(=O)C1CC1. The minimum absolute atomic E-state index is 0.103. The first-order chi connectivity index (χ1) is 21.7. The van der Waals surface area contributed by atoms with E-state index >= 15 is 0 Å². The molecule has 5 rings (SSSR count). The molecule has 0 bridgehead atoms. The molecule has 2 saturated carbocycles. The van der Waals surface area contributed by atoms with E-state index in [9.17, 15) is 22.8 Å². The van der Waals surface area contributed by atoms with Gasteiger partial charge in [0.15, 0.2) is 0 Å². The molecule has 3 amide bonds. The van der Waals surface area contributed by atoms with Gasteiger partial charge in [-0.05, 0) is 74.4 Å². The monoisotopic (exact) mass is 738 g/mol. The number of nitrogens with zero attached hydrogens (tertiary/aromatic N) is 2. The fourth-order valence-corrected chi connectivity index (χ4v) is 7.90. The van der Waals surface area contributed by atoms with Gasteiger partial charge in [0.25, 0.3) is 5.91 Å². The largest absolute Gasteiger partial charge is 0.495 e. The first kappa shape index (κ1) is 34.3. The second-order valence-electron chi connectivity index (χ2n) is 12.2. The van der Waals surface area contributed by atoms with Gasteiger partial charge in [0.2, 0.25) is 27.7 Å². The average molecular weight is 740 g/mol. The lowest BCUT2D eigenvalue weighted by Gasteiger charge is -2.32. The van der Waals surface area contributed by atoms with Gasteiger partial charge >= 0.3 is 0 Å². The number of hydrogen-bond acceptors (Lipinski definition) is 10. The molecule has 1 saturated heterocycles. The number of rotatable bonds is 13. The number of hydrogen-bond donors (Lipinski definition) is 2. The number of thioether (sulfide) groups is 1. The normalized spacial score (nSPS) is 24.3. The molecule has 1 aromatic heterocycles. The second-order valence-corrected chi connectivity index (χ2v) is 16.4. The van der Waals surface area contributed by atoms with E-state index in [0.717, 1.165) is 0 Å². The smallest absolute Gasteiger partial charge is 0.259 e. The molecule has 2 aromatic rings. The van der Waals surface area contributed by atoms with Crippen LogP contribution in [0, 0.1) is 5.92 Å². The number of amides is 3. The van der Waals surface area contributed by atoms with Crippen LogP contribution in [0.15, 0.2) is 35.3 Å². The van der Waals surface area contributed by atoms with Gasteiger partial charge in [-0.25, -0.2) is 13.4 Å². The maximum atomic E-state index is 14.0. The number of sulfonamides is 1. The van der Waals surface area contributed by atoms with Crippen LogP contribution in [0.3, 0.4) is 0 Å². The Morgan fingerprint density at radius 2 is 1.98 bits per heavy atom. The Morgan fingerprint density at radius 1 is 1.26 bits per heavy atom. The van der Waals surface area contributed by atoms with Crippen molar-refractivity contribution in [2.75, 3.05) is 26.5 Å². The van der Waals surface area contributed by atoms with Crippen LogP contribution in [0.2, 0.25) is 0 Å². The molecule has 0 radical (unpaired) electrons. The van der Waals surface area contributed by atoms with E-state index in [0.29, 0.717) is 52.2 Å². The van der Waals surface area contributed by atoms with Crippen molar-refractivity contribution in [2.45, 2.75) is 74.1 Å². The summed E-state index contributed by atoms with van der Waals surface area (Å²) in [5.74, 6) is -0.717. The summed E-state index contributed by atoms with van der Waals surface area (Å²) in [7, 11) is -2.28. The summed E-state index contributed by atoms with van der Waals surface area (Å²) in [6.07, 6.45) is 4.05. The number of aromatic nitrogens is 1. The number of nitrogens with one attached hydrogen (secondary N) is 2. The molecule has 2 heterocycles. The van der Waals surface area contributed by atoms with E-state index in [1.165, 1.54) is 22.7 Å². The number of likely N-dealkylation sites (tertiary alicyclic amines) is 1. The number of benzene rings is 1. The average Bonchev–Trinajstić information content (AvgIpc) is 3.94. The van der Waals surface area contributed by atoms with Crippen molar-refractivity contribution in [2.24, 2.45) is 5.92 Å². The molecule has 0 spiro atoms. The van der Waals surface area contributed by atoms with Crippen LogP contribution < -0.4 is 24.2 Å². The van der Waals surface area contributed by atoms with Crippen molar-refractivity contribution in [1.82, 2.24) is 19.9 Å². The summed E-state index contributed by atoms with van der Waals surface area (Å²) in [5.41, 5.74) is -0.912. The van der Waals surface area contributed by atoms with Crippen LogP contribution >= 0.6 is 27.7 Å². The standard InChI is InChI=1S/C31H39BrN4O8S2/c1-7-17-15-31(17,28(38)35-46(40,41)19-9-10-19)34-27(37)21-13-18(16-36(21)29(39)30(3,4)45-6)44-23-14-24(43-8-2)33-26-20(23)11-12-22(42-5)25(26)32/h7,11-12,14,17-19,21H,1,8-10,13,15-16H2,2-6H3,(H,34,37)(H,35,38)/t17-,18-,21-,31-/m1/s1. The van der Waals surface area contributed by atoms with Crippen molar-refractivity contribution in [1.29, 1.82) is 0 Å². The van der Waals surface area contributed by atoms with Crippen molar-refractivity contribution >= 4 is 66.3 Å². The molecule has 250 valence electrons. The molecule has 46 heavy (non-hydrogen) atoms. The third kappa shape index (κ3) is 6.55. The fraction of sp³-hybridized carbons (Fsp3) is 0.548. The van der Waals surface area contributed by atoms with Gasteiger partial charge in [-0.2, -0.15) is 0 Å². The van der Waals surface area contributed by atoms with Gasteiger partial charge in [-0.15, -0.1) is 18.3 Å². The Labute approximate surface area is 281 Å². The third-order valence-corrected chi connectivity index (χ3v) is 12.5. The first-order valence-electron chi connectivity index (χ1n) is 15.0. The molecule has 1 aliphatic heterocycles. The number of carbonyl (C=O) groups is 3. The number of pyridine rings is 1. The molecule has 2 N–H and O–H groups in total. The van der Waals surface area contributed by atoms with E-state index in [1.54, 1.807) is 33.1 Å². The minimum Gasteiger partial charge on any atom is -0.495 e.